The first-order valence-electron chi connectivity index (χ1n) is 6.28. The molecule has 3 heteroatoms. The van der Waals surface area contributed by atoms with Crippen molar-refractivity contribution in [2.75, 3.05) is 13.1 Å². The van der Waals surface area contributed by atoms with Gasteiger partial charge in [0.15, 0.2) is 0 Å². The summed E-state index contributed by atoms with van der Waals surface area (Å²) in [6, 6.07) is 0.683. The van der Waals surface area contributed by atoms with Gasteiger partial charge in [-0.3, -0.25) is 4.79 Å². The van der Waals surface area contributed by atoms with Crippen molar-refractivity contribution in [3.63, 3.8) is 0 Å². The van der Waals surface area contributed by atoms with E-state index >= 15 is 0 Å². The van der Waals surface area contributed by atoms with Crippen molar-refractivity contribution >= 4 is 5.91 Å². The molecule has 2 aliphatic carbocycles. The Hall–Kier alpha value is -0.570. The van der Waals surface area contributed by atoms with Crippen LogP contribution in [0.4, 0.5) is 0 Å². The van der Waals surface area contributed by atoms with Gasteiger partial charge < -0.3 is 10.6 Å². The zero-order valence-corrected chi connectivity index (χ0v) is 9.59. The van der Waals surface area contributed by atoms with Crippen LogP contribution in [0.5, 0.6) is 0 Å². The standard InChI is InChI=1S/C12H22N2O/c1-9-3-2-4-11(9)13-7-8-14-12(15)10-5-6-10/h9-11,13H,2-8H2,1H3,(H,14,15)/t9-,11+/m1/s1. The first-order valence-corrected chi connectivity index (χ1v) is 6.28. The summed E-state index contributed by atoms with van der Waals surface area (Å²) in [4.78, 5) is 11.3. The lowest BCUT2D eigenvalue weighted by Gasteiger charge is -2.17. The maximum absolute atomic E-state index is 11.3. The Kier molecular flexibility index (Phi) is 3.62. The normalized spacial score (nSPS) is 30.5. The van der Waals surface area contributed by atoms with Gasteiger partial charge in [-0.25, -0.2) is 0 Å². The summed E-state index contributed by atoms with van der Waals surface area (Å²) >= 11 is 0. The largest absolute Gasteiger partial charge is 0.355 e. The molecule has 0 aromatic rings. The van der Waals surface area contributed by atoms with Crippen molar-refractivity contribution in [1.29, 1.82) is 0 Å². The highest BCUT2D eigenvalue weighted by Crippen LogP contribution is 2.28. The van der Waals surface area contributed by atoms with Crippen molar-refractivity contribution in [3.05, 3.63) is 0 Å². The van der Waals surface area contributed by atoms with Gasteiger partial charge in [0.25, 0.3) is 0 Å². The highest BCUT2D eigenvalue weighted by atomic mass is 16.2. The van der Waals surface area contributed by atoms with Crippen molar-refractivity contribution in [3.8, 4) is 0 Å². The van der Waals surface area contributed by atoms with Crippen molar-refractivity contribution < 1.29 is 4.79 Å². The molecule has 0 aromatic heterocycles. The third-order valence-electron chi connectivity index (χ3n) is 3.64. The van der Waals surface area contributed by atoms with Gasteiger partial charge in [-0.2, -0.15) is 0 Å². The van der Waals surface area contributed by atoms with E-state index in [2.05, 4.69) is 17.6 Å². The molecule has 2 saturated carbocycles. The molecule has 2 atom stereocenters. The summed E-state index contributed by atoms with van der Waals surface area (Å²) in [6.07, 6.45) is 6.20. The molecule has 0 heterocycles. The number of nitrogens with one attached hydrogen (secondary N) is 2. The van der Waals surface area contributed by atoms with Gasteiger partial charge in [-0.05, 0) is 31.6 Å². The van der Waals surface area contributed by atoms with Crippen LogP contribution in [0, 0.1) is 11.8 Å². The quantitative estimate of drug-likeness (QED) is 0.671. The Balaban J connectivity index is 1.52. The molecule has 3 nitrogen and oxygen atoms in total. The zero-order chi connectivity index (χ0) is 10.7. The van der Waals surface area contributed by atoms with E-state index in [1.807, 2.05) is 0 Å². The van der Waals surface area contributed by atoms with E-state index in [1.165, 1.54) is 19.3 Å². The van der Waals surface area contributed by atoms with Crippen LogP contribution in [0.3, 0.4) is 0 Å². The predicted octanol–water partition coefficient (Wildman–Crippen LogP) is 1.29. The van der Waals surface area contributed by atoms with Crippen molar-refractivity contribution in [2.24, 2.45) is 11.8 Å². The number of carbonyl (C=O) groups excluding carboxylic acids is 1. The number of hydrogen-bond donors (Lipinski definition) is 2. The average molecular weight is 210 g/mol. The second-order valence-corrected chi connectivity index (χ2v) is 5.03. The number of hydrogen-bond acceptors (Lipinski definition) is 2. The molecule has 86 valence electrons. The van der Waals surface area contributed by atoms with Crippen LogP contribution in [0.2, 0.25) is 0 Å². The Morgan fingerprint density at radius 3 is 2.60 bits per heavy atom. The fourth-order valence-electron chi connectivity index (χ4n) is 2.38. The molecular formula is C12H22N2O. The third-order valence-corrected chi connectivity index (χ3v) is 3.64. The van der Waals surface area contributed by atoms with E-state index < -0.39 is 0 Å². The molecule has 0 spiro atoms. The maximum atomic E-state index is 11.3. The fourth-order valence-corrected chi connectivity index (χ4v) is 2.38. The summed E-state index contributed by atoms with van der Waals surface area (Å²) in [5, 5.41) is 6.51. The summed E-state index contributed by atoms with van der Waals surface area (Å²) in [7, 11) is 0. The molecule has 1 amide bonds. The maximum Gasteiger partial charge on any atom is 0.223 e. The Morgan fingerprint density at radius 2 is 2.00 bits per heavy atom. The molecule has 0 unspecified atom stereocenters. The van der Waals surface area contributed by atoms with E-state index in [-0.39, 0.29) is 5.91 Å². The smallest absolute Gasteiger partial charge is 0.223 e. The Bertz CT molecular complexity index is 226. The summed E-state index contributed by atoms with van der Waals surface area (Å²) in [5.41, 5.74) is 0. The molecule has 0 saturated heterocycles. The molecule has 15 heavy (non-hydrogen) atoms. The van der Waals surface area contributed by atoms with Gasteiger partial charge in [-0.1, -0.05) is 13.3 Å². The molecule has 0 bridgehead atoms. The van der Waals surface area contributed by atoms with Gasteiger partial charge in [-0.15, -0.1) is 0 Å². The average Bonchev–Trinajstić information content (AvgIpc) is 2.99. The van der Waals surface area contributed by atoms with Crippen LogP contribution in [0.1, 0.15) is 39.0 Å². The van der Waals surface area contributed by atoms with Gasteiger partial charge in [0.2, 0.25) is 5.91 Å². The van der Waals surface area contributed by atoms with Gasteiger partial charge in [0.1, 0.15) is 0 Å². The summed E-state index contributed by atoms with van der Waals surface area (Å²) < 4.78 is 0. The van der Waals surface area contributed by atoms with Crippen LogP contribution in [0.25, 0.3) is 0 Å². The third kappa shape index (κ3) is 3.20. The molecule has 0 radical (unpaired) electrons. The van der Waals surface area contributed by atoms with Gasteiger partial charge in [0.05, 0.1) is 0 Å². The first-order chi connectivity index (χ1) is 7.27. The topological polar surface area (TPSA) is 41.1 Å². The van der Waals surface area contributed by atoms with Crippen LogP contribution in [0.15, 0.2) is 0 Å². The number of carbonyl (C=O) groups is 1. The van der Waals surface area contributed by atoms with E-state index in [0.29, 0.717) is 12.0 Å². The van der Waals surface area contributed by atoms with E-state index in [4.69, 9.17) is 0 Å². The second kappa shape index (κ2) is 4.97. The number of amides is 1. The lowest BCUT2D eigenvalue weighted by molar-refractivity contribution is -0.122. The SMILES string of the molecule is C[C@@H]1CCC[C@@H]1NCCNC(=O)C1CC1. The van der Waals surface area contributed by atoms with E-state index in [0.717, 1.165) is 31.8 Å². The highest BCUT2D eigenvalue weighted by Gasteiger charge is 2.29. The molecule has 2 N–H and O–H groups in total. The van der Waals surface area contributed by atoms with E-state index in [9.17, 15) is 4.79 Å². The second-order valence-electron chi connectivity index (χ2n) is 5.03. The van der Waals surface area contributed by atoms with Crippen LogP contribution >= 0.6 is 0 Å². The molecule has 0 aromatic carbocycles. The predicted molar refractivity (Wildman–Crippen MR) is 60.5 cm³/mol. The minimum absolute atomic E-state index is 0.260. The highest BCUT2D eigenvalue weighted by molar-refractivity contribution is 5.80. The minimum Gasteiger partial charge on any atom is -0.355 e. The number of rotatable bonds is 5. The van der Waals surface area contributed by atoms with Crippen molar-refractivity contribution in [2.45, 2.75) is 45.1 Å². The summed E-state index contributed by atoms with van der Waals surface area (Å²) in [6.45, 7) is 4.03. The first kappa shape index (κ1) is 10.9. The summed E-state index contributed by atoms with van der Waals surface area (Å²) in [5.74, 6) is 1.41. The lowest BCUT2D eigenvalue weighted by atomic mass is 10.1. The van der Waals surface area contributed by atoms with Crippen LogP contribution in [-0.4, -0.2) is 25.0 Å². The molecule has 2 rings (SSSR count). The zero-order valence-electron chi connectivity index (χ0n) is 9.59. The van der Waals surface area contributed by atoms with Gasteiger partial charge in [0, 0.05) is 25.0 Å². The Labute approximate surface area is 92.0 Å². The van der Waals surface area contributed by atoms with Gasteiger partial charge >= 0.3 is 0 Å². The van der Waals surface area contributed by atoms with Crippen molar-refractivity contribution in [1.82, 2.24) is 10.6 Å². The molecule has 2 aliphatic rings. The molecular weight excluding hydrogens is 188 g/mol. The lowest BCUT2D eigenvalue weighted by Crippen LogP contribution is -2.38. The van der Waals surface area contributed by atoms with E-state index in [1.54, 1.807) is 0 Å². The van der Waals surface area contributed by atoms with Crippen LogP contribution in [-0.2, 0) is 4.79 Å². The van der Waals surface area contributed by atoms with Crippen LogP contribution < -0.4 is 10.6 Å². The minimum atomic E-state index is 0.260. The fraction of sp³-hybridized carbons (Fsp3) is 0.917. The molecule has 2 fully saturated rings. The Morgan fingerprint density at radius 1 is 1.20 bits per heavy atom. The monoisotopic (exact) mass is 210 g/mol. The molecule has 0 aliphatic heterocycles.